The van der Waals surface area contributed by atoms with Crippen LogP contribution in [0.3, 0.4) is 0 Å². The van der Waals surface area contributed by atoms with Crippen LogP contribution in [0.2, 0.25) is 0 Å². The third-order valence-corrected chi connectivity index (χ3v) is 2.10. The molecule has 2 amide bonds. The van der Waals surface area contributed by atoms with Crippen molar-refractivity contribution in [1.82, 2.24) is 15.2 Å². The first-order valence-corrected chi connectivity index (χ1v) is 5.19. The Kier molecular flexibility index (Phi) is 4.93. The highest BCUT2D eigenvalue weighted by Crippen LogP contribution is 2.00. The molecule has 0 aromatic carbocycles. The van der Waals surface area contributed by atoms with Crippen molar-refractivity contribution in [2.75, 3.05) is 13.6 Å². The van der Waals surface area contributed by atoms with Gasteiger partial charge in [-0.25, -0.2) is 4.79 Å². The number of hydrogen-bond donors (Lipinski definition) is 2. The van der Waals surface area contributed by atoms with Crippen molar-refractivity contribution in [2.45, 2.75) is 13.0 Å². The topological polar surface area (TPSA) is 82.5 Å². The number of carbonyl (C=O) groups excluding carboxylic acids is 1. The van der Waals surface area contributed by atoms with E-state index in [0.717, 1.165) is 5.56 Å². The molecule has 0 aliphatic carbocycles. The fraction of sp³-hybridized carbons (Fsp3) is 0.364. The van der Waals surface area contributed by atoms with Crippen molar-refractivity contribution in [2.24, 2.45) is 0 Å². The molecule has 0 fully saturated rings. The average Bonchev–Trinajstić information content (AvgIpc) is 2.29. The van der Waals surface area contributed by atoms with Crippen LogP contribution in [-0.2, 0) is 11.3 Å². The Morgan fingerprint density at radius 1 is 1.53 bits per heavy atom. The van der Waals surface area contributed by atoms with Gasteiger partial charge in [-0.1, -0.05) is 6.07 Å². The minimum atomic E-state index is -0.930. The van der Waals surface area contributed by atoms with Crippen molar-refractivity contribution in [3.8, 4) is 0 Å². The number of hydrogen-bond acceptors (Lipinski definition) is 3. The fourth-order valence-electron chi connectivity index (χ4n) is 1.25. The summed E-state index contributed by atoms with van der Waals surface area (Å²) in [7, 11) is 1.64. The average molecular weight is 237 g/mol. The summed E-state index contributed by atoms with van der Waals surface area (Å²) in [5, 5.41) is 10.9. The molecule has 6 heteroatoms. The van der Waals surface area contributed by atoms with E-state index < -0.39 is 5.97 Å². The van der Waals surface area contributed by atoms with E-state index in [1.807, 2.05) is 6.07 Å². The van der Waals surface area contributed by atoms with Gasteiger partial charge >= 0.3 is 12.0 Å². The molecule has 0 radical (unpaired) electrons. The van der Waals surface area contributed by atoms with E-state index in [2.05, 4.69) is 10.3 Å². The quantitative estimate of drug-likeness (QED) is 0.789. The zero-order valence-electron chi connectivity index (χ0n) is 9.59. The summed E-state index contributed by atoms with van der Waals surface area (Å²) in [5.74, 6) is -0.930. The van der Waals surface area contributed by atoms with Crippen LogP contribution in [0.25, 0.3) is 0 Å². The molecule has 1 aromatic rings. The number of aliphatic carboxylic acids is 1. The summed E-state index contributed by atoms with van der Waals surface area (Å²) < 4.78 is 0. The summed E-state index contributed by atoms with van der Waals surface area (Å²) in [5.41, 5.74) is 0.920. The van der Waals surface area contributed by atoms with Gasteiger partial charge in [-0.15, -0.1) is 0 Å². The lowest BCUT2D eigenvalue weighted by atomic mass is 10.3. The largest absolute Gasteiger partial charge is 0.481 e. The summed E-state index contributed by atoms with van der Waals surface area (Å²) in [6, 6.07) is 3.37. The number of amides is 2. The summed E-state index contributed by atoms with van der Waals surface area (Å²) in [6.07, 6.45) is 3.27. The number of nitrogens with one attached hydrogen (secondary N) is 1. The molecule has 2 N–H and O–H groups in total. The molecule has 1 heterocycles. The molecule has 0 atom stereocenters. The third kappa shape index (κ3) is 4.96. The molecule has 0 aliphatic rings. The van der Waals surface area contributed by atoms with Crippen LogP contribution in [-0.4, -0.2) is 40.6 Å². The first-order chi connectivity index (χ1) is 8.09. The fourth-order valence-corrected chi connectivity index (χ4v) is 1.25. The van der Waals surface area contributed by atoms with Crippen molar-refractivity contribution < 1.29 is 14.7 Å². The number of carbonyl (C=O) groups is 2. The number of rotatable bonds is 5. The zero-order chi connectivity index (χ0) is 12.7. The van der Waals surface area contributed by atoms with Gasteiger partial charge in [0.05, 0.1) is 6.42 Å². The Morgan fingerprint density at radius 2 is 2.29 bits per heavy atom. The third-order valence-electron chi connectivity index (χ3n) is 2.10. The molecule has 92 valence electrons. The maximum absolute atomic E-state index is 11.5. The van der Waals surface area contributed by atoms with Gasteiger partial charge in [-0.05, 0) is 11.6 Å². The van der Waals surface area contributed by atoms with Crippen LogP contribution in [0.1, 0.15) is 12.0 Å². The van der Waals surface area contributed by atoms with Crippen molar-refractivity contribution in [3.63, 3.8) is 0 Å². The standard InChI is InChI=1S/C11H15N3O3/c1-14(8-9-3-2-5-12-7-9)11(17)13-6-4-10(15)16/h2-3,5,7H,4,6,8H2,1H3,(H,13,17)(H,15,16). The molecule has 6 nitrogen and oxygen atoms in total. The molecule has 17 heavy (non-hydrogen) atoms. The van der Waals surface area contributed by atoms with E-state index in [1.165, 1.54) is 4.90 Å². The lowest BCUT2D eigenvalue weighted by molar-refractivity contribution is -0.136. The van der Waals surface area contributed by atoms with Crippen LogP contribution in [0, 0.1) is 0 Å². The molecule has 0 saturated heterocycles. The number of pyridine rings is 1. The van der Waals surface area contributed by atoms with Crippen molar-refractivity contribution in [1.29, 1.82) is 0 Å². The van der Waals surface area contributed by atoms with Gasteiger partial charge in [-0.3, -0.25) is 9.78 Å². The molecular weight excluding hydrogens is 222 g/mol. The van der Waals surface area contributed by atoms with Gasteiger partial charge in [0.1, 0.15) is 0 Å². The van der Waals surface area contributed by atoms with Crippen LogP contribution in [0.4, 0.5) is 4.79 Å². The molecule has 1 rings (SSSR count). The Bertz CT molecular complexity index is 381. The van der Waals surface area contributed by atoms with Gasteiger partial charge < -0.3 is 15.3 Å². The summed E-state index contributed by atoms with van der Waals surface area (Å²) in [4.78, 5) is 27.2. The van der Waals surface area contributed by atoms with Gasteiger partial charge in [0.15, 0.2) is 0 Å². The van der Waals surface area contributed by atoms with Gasteiger partial charge in [0.25, 0.3) is 0 Å². The Morgan fingerprint density at radius 3 is 2.88 bits per heavy atom. The highest BCUT2D eigenvalue weighted by atomic mass is 16.4. The Balaban J connectivity index is 2.34. The van der Waals surface area contributed by atoms with E-state index in [0.29, 0.717) is 6.54 Å². The first-order valence-electron chi connectivity index (χ1n) is 5.19. The maximum Gasteiger partial charge on any atom is 0.317 e. The number of nitrogens with zero attached hydrogens (tertiary/aromatic N) is 2. The molecule has 0 aliphatic heterocycles. The highest BCUT2D eigenvalue weighted by Gasteiger charge is 2.08. The van der Waals surface area contributed by atoms with Crippen molar-refractivity contribution in [3.05, 3.63) is 30.1 Å². The van der Waals surface area contributed by atoms with Crippen LogP contribution >= 0.6 is 0 Å². The number of urea groups is 1. The molecular formula is C11H15N3O3. The Labute approximate surface area is 99.3 Å². The highest BCUT2D eigenvalue weighted by molar-refractivity contribution is 5.74. The van der Waals surface area contributed by atoms with Crippen LogP contribution in [0.15, 0.2) is 24.5 Å². The lowest BCUT2D eigenvalue weighted by Crippen LogP contribution is -2.37. The van der Waals surface area contributed by atoms with Crippen LogP contribution in [0.5, 0.6) is 0 Å². The second-order valence-electron chi connectivity index (χ2n) is 3.59. The zero-order valence-corrected chi connectivity index (χ0v) is 9.59. The molecule has 0 saturated carbocycles. The smallest absolute Gasteiger partial charge is 0.317 e. The molecule has 1 aromatic heterocycles. The predicted molar refractivity (Wildman–Crippen MR) is 61.4 cm³/mol. The SMILES string of the molecule is CN(Cc1cccnc1)C(=O)NCCC(=O)O. The molecule has 0 spiro atoms. The van der Waals surface area contributed by atoms with Crippen molar-refractivity contribution >= 4 is 12.0 Å². The van der Waals surface area contributed by atoms with E-state index in [1.54, 1.807) is 25.5 Å². The summed E-state index contributed by atoms with van der Waals surface area (Å²) >= 11 is 0. The maximum atomic E-state index is 11.5. The van der Waals surface area contributed by atoms with Crippen LogP contribution < -0.4 is 5.32 Å². The molecule has 0 unspecified atom stereocenters. The first kappa shape index (κ1) is 13.0. The van der Waals surface area contributed by atoms with E-state index in [-0.39, 0.29) is 19.0 Å². The normalized spacial score (nSPS) is 9.71. The predicted octanol–water partition coefficient (Wildman–Crippen LogP) is 0.698. The molecule has 0 bridgehead atoms. The number of carboxylic acids is 1. The second kappa shape index (κ2) is 6.47. The van der Waals surface area contributed by atoms with Gasteiger partial charge in [-0.2, -0.15) is 0 Å². The summed E-state index contributed by atoms with van der Waals surface area (Å²) in [6.45, 7) is 0.568. The van der Waals surface area contributed by atoms with Gasteiger partial charge in [0.2, 0.25) is 0 Å². The number of carboxylic acid groups (broad SMARTS) is 1. The minimum Gasteiger partial charge on any atom is -0.481 e. The number of aromatic nitrogens is 1. The van der Waals surface area contributed by atoms with Gasteiger partial charge in [0, 0.05) is 32.5 Å². The lowest BCUT2D eigenvalue weighted by Gasteiger charge is -2.17. The van der Waals surface area contributed by atoms with E-state index in [9.17, 15) is 9.59 Å². The second-order valence-corrected chi connectivity index (χ2v) is 3.59. The monoisotopic (exact) mass is 237 g/mol. The minimum absolute atomic E-state index is 0.0769. The Hall–Kier alpha value is -2.11. The van der Waals surface area contributed by atoms with E-state index in [4.69, 9.17) is 5.11 Å². The van der Waals surface area contributed by atoms with E-state index >= 15 is 0 Å².